The maximum atomic E-state index is 14.7. The zero-order valence-corrected chi connectivity index (χ0v) is 39.2. The van der Waals surface area contributed by atoms with Gasteiger partial charge in [-0.05, 0) is 163 Å². The van der Waals surface area contributed by atoms with E-state index >= 15 is 0 Å². The molecule has 2 heterocycles. The summed E-state index contributed by atoms with van der Waals surface area (Å²) in [4.78, 5) is 29.3. The molecule has 2 saturated heterocycles. The Kier molecular flexibility index (Phi) is 12.9. The monoisotopic (exact) mass is 962 g/mol. The zero-order valence-electron chi connectivity index (χ0n) is 39.2. The number of hydrogen-bond donors (Lipinski definition) is 0. The summed E-state index contributed by atoms with van der Waals surface area (Å²) in [5, 5.41) is 0. The third kappa shape index (κ3) is 9.53. The van der Waals surface area contributed by atoms with Gasteiger partial charge in [-0.2, -0.15) is 26.3 Å². The summed E-state index contributed by atoms with van der Waals surface area (Å²) in [6.07, 6.45) is -8.44. The number of alkyl halides is 8. The van der Waals surface area contributed by atoms with Crippen LogP contribution in [0, 0.1) is 11.6 Å². The lowest BCUT2D eigenvalue weighted by molar-refractivity contribution is -0.229. The van der Waals surface area contributed by atoms with Crippen LogP contribution in [0.1, 0.15) is 113 Å². The van der Waals surface area contributed by atoms with Crippen molar-refractivity contribution in [2.75, 3.05) is 13.1 Å². The Hall–Kier alpha value is -5.28. The summed E-state index contributed by atoms with van der Waals surface area (Å²) in [6.45, 7) is 12.5. The van der Waals surface area contributed by atoms with Crippen LogP contribution < -0.4 is 0 Å². The molecule has 0 N–H and O–H groups in total. The minimum Gasteiger partial charge on any atom is -0.444 e. The number of carbonyl (C=O) groups excluding carboxylic acids is 2. The van der Waals surface area contributed by atoms with Gasteiger partial charge in [-0.3, -0.25) is 0 Å². The molecule has 0 saturated carbocycles. The van der Waals surface area contributed by atoms with Gasteiger partial charge < -0.3 is 19.3 Å². The van der Waals surface area contributed by atoms with Gasteiger partial charge in [0.1, 0.15) is 22.8 Å². The van der Waals surface area contributed by atoms with Crippen molar-refractivity contribution < 1.29 is 63.0 Å². The summed E-state index contributed by atoms with van der Waals surface area (Å²) in [5.74, 6) is -0.740. The van der Waals surface area contributed by atoms with Crippen molar-refractivity contribution in [3.05, 3.63) is 141 Å². The van der Waals surface area contributed by atoms with Gasteiger partial charge in [-0.1, -0.05) is 60.7 Å². The quantitative estimate of drug-likeness (QED) is 0.181. The number of nitrogens with zero attached hydrogens (tertiary/aromatic N) is 2. The maximum absolute atomic E-state index is 14.7. The molecule has 2 amide bonds. The van der Waals surface area contributed by atoms with E-state index in [4.69, 9.17) is 9.47 Å². The SMILES string of the molecule is CC(C)(C)OC(=O)N1CCC2(Cc3ccc(F)cc3)c3ccc(C(C)(F)C(F)(F)F)cc3CC12.CC(C)(C)OC(=O)N1CCC2(Cc3ccc(F)cc3)c3ccc(C(C)(F)C(F)(F)F)cc3CC12. The van der Waals surface area contributed by atoms with Gasteiger partial charge in [0, 0.05) is 36.0 Å². The number of amides is 2. The van der Waals surface area contributed by atoms with E-state index in [1.54, 1.807) is 87.7 Å². The second kappa shape index (κ2) is 17.3. The topological polar surface area (TPSA) is 59.1 Å². The Morgan fingerprint density at radius 1 is 0.529 bits per heavy atom. The van der Waals surface area contributed by atoms with Crippen LogP contribution in [0.5, 0.6) is 0 Å². The predicted molar refractivity (Wildman–Crippen MR) is 236 cm³/mol. The Morgan fingerprint density at radius 2 is 0.853 bits per heavy atom. The van der Waals surface area contributed by atoms with Crippen molar-refractivity contribution in [1.82, 2.24) is 9.80 Å². The van der Waals surface area contributed by atoms with Gasteiger partial charge in [0.15, 0.2) is 0 Å². The first-order chi connectivity index (χ1) is 31.3. The Morgan fingerprint density at radius 3 is 1.15 bits per heavy atom. The molecule has 0 radical (unpaired) electrons. The van der Waals surface area contributed by atoms with Crippen LogP contribution in [-0.2, 0) is 57.3 Å². The lowest BCUT2D eigenvalue weighted by Gasteiger charge is -2.34. The highest BCUT2D eigenvalue weighted by Crippen LogP contribution is 2.54. The van der Waals surface area contributed by atoms with Gasteiger partial charge in [0.2, 0.25) is 11.3 Å². The van der Waals surface area contributed by atoms with Crippen molar-refractivity contribution in [2.24, 2.45) is 0 Å². The van der Waals surface area contributed by atoms with Crippen LogP contribution in [0.15, 0.2) is 84.9 Å². The first kappa shape index (κ1) is 50.6. The lowest BCUT2D eigenvalue weighted by Crippen LogP contribution is -2.45. The summed E-state index contributed by atoms with van der Waals surface area (Å²) >= 11 is 0. The van der Waals surface area contributed by atoms with Crippen LogP contribution in [0.3, 0.4) is 0 Å². The highest BCUT2D eigenvalue weighted by molar-refractivity contribution is 5.71. The van der Waals surface area contributed by atoms with Crippen molar-refractivity contribution >= 4 is 12.2 Å². The molecule has 4 aromatic carbocycles. The molecular weight excluding hydrogens is 907 g/mol. The van der Waals surface area contributed by atoms with E-state index in [0.717, 1.165) is 22.3 Å². The molecule has 0 spiro atoms. The molecule has 0 aromatic heterocycles. The molecule has 68 heavy (non-hydrogen) atoms. The molecule has 2 fully saturated rings. The van der Waals surface area contributed by atoms with E-state index in [2.05, 4.69) is 0 Å². The van der Waals surface area contributed by atoms with Crippen molar-refractivity contribution in [3.63, 3.8) is 0 Å². The maximum Gasteiger partial charge on any atom is 0.426 e. The Labute approximate surface area is 390 Å². The van der Waals surface area contributed by atoms with Gasteiger partial charge >= 0.3 is 24.5 Å². The smallest absolute Gasteiger partial charge is 0.426 e. The number of carbonyl (C=O) groups is 2. The molecule has 6 atom stereocenters. The highest BCUT2D eigenvalue weighted by atomic mass is 19.4. The average Bonchev–Trinajstić information content (AvgIpc) is 3.93. The third-order valence-electron chi connectivity index (χ3n) is 14.0. The predicted octanol–water partition coefficient (Wildman–Crippen LogP) is 13.2. The van der Waals surface area contributed by atoms with Crippen LogP contribution in [0.25, 0.3) is 0 Å². The largest absolute Gasteiger partial charge is 0.444 e. The molecule has 4 aromatic rings. The van der Waals surface area contributed by atoms with Crippen molar-refractivity contribution in [2.45, 2.75) is 152 Å². The van der Waals surface area contributed by atoms with E-state index in [1.807, 2.05) is 0 Å². The fourth-order valence-corrected chi connectivity index (χ4v) is 10.6. The number of benzene rings is 4. The number of likely N-dealkylation sites (tertiary alicyclic amines) is 2. The zero-order chi connectivity index (χ0) is 50.2. The van der Waals surface area contributed by atoms with Gasteiger partial charge in [0.05, 0.1) is 0 Å². The number of ether oxygens (including phenoxy) is 2. The average molecular weight is 963 g/mol. The van der Waals surface area contributed by atoms with Crippen LogP contribution in [0.2, 0.25) is 0 Å². The molecular formula is C52H56F10N2O4. The van der Waals surface area contributed by atoms with Crippen LogP contribution in [0.4, 0.5) is 53.5 Å². The summed E-state index contributed by atoms with van der Waals surface area (Å²) < 4.78 is 148. The number of halogens is 10. The number of fused-ring (bicyclic) bond motifs is 6. The molecule has 6 nitrogen and oxygen atoms in total. The molecule has 16 heteroatoms. The molecule has 6 unspecified atom stereocenters. The first-order valence-corrected chi connectivity index (χ1v) is 22.6. The van der Waals surface area contributed by atoms with E-state index in [9.17, 15) is 53.5 Å². The van der Waals surface area contributed by atoms with Crippen molar-refractivity contribution in [3.8, 4) is 0 Å². The number of rotatable bonds is 6. The molecule has 2 aliphatic carbocycles. The normalized spacial score (nSPS) is 23.9. The number of hydrogen-bond acceptors (Lipinski definition) is 4. The van der Waals surface area contributed by atoms with Crippen LogP contribution in [-0.4, -0.2) is 70.7 Å². The fourth-order valence-electron chi connectivity index (χ4n) is 10.6. The van der Waals surface area contributed by atoms with Gasteiger partial charge in [0.25, 0.3) is 0 Å². The second-order valence-electron chi connectivity index (χ2n) is 21.0. The minimum atomic E-state index is -5.05. The Balaban J connectivity index is 0.000000201. The highest BCUT2D eigenvalue weighted by Gasteiger charge is 2.59. The van der Waals surface area contributed by atoms with Gasteiger partial charge in [-0.15, -0.1) is 0 Å². The van der Waals surface area contributed by atoms with E-state index in [1.165, 1.54) is 48.5 Å². The summed E-state index contributed by atoms with van der Waals surface area (Å²) in [6, 6.07) is 19.5. The standard InChI is InChI=1S/2C26H28F5NO2/c2*1-23(2,3)34-22(33)32-12-11-25(15-16-5-8-19(27)9-6-16)20-10-7-18(13-17(20)14-21(25)32)24(4,28)26(29,30)31/h2*5-10,13,21H,11-12,14-15H2,1-4H3. The first-order valence-electron chi connectivity index (χ1n) is 22.6. The lowest BCUT2D eigenvalue weighted by atomic mass is 9.73. The molecule has 4 aliphatic rings. The fraction of sp³-hybridized carbons (Fsp3) is 0.500. The molecule has 368 valence electrons. The van der Waals surface area contributed by atoms with Gasteiger partial charge in [-0.25, -0.2) is 27.2 Å². The van der Waals surface area contributed by atoms with Crippen LogP contribution >= 0.6 is 0 Å². The molecule has 2 aliphatic heterocycles. The summed E-state index contributed by atoms with van der Waals surface area (Å²) in [5.41, 5.74) is -6.02. The van der Waals surface area contributed by atoms with Crippen molar-refractivity contribution in [1.29, 1.82) is 0 Å². The van der Waals surface area contributed by atoms with E-state index in [-0.39, 0.29) is 36.6 Å². The Bertz CT molecular complexity index is 2350. The molecule has 8 rings (SSSR count). The van der Waals surface area contributed by atoms with E-state index in [0.29, 0.717) is 63.7 Å². The minimum absolute atomic E-state index is 0.289. The third-order valence-corrected chi connectivity index (χ3v) is 14.0. The molecule has 0 bridgehead atoms. The van der Waals surface area contributed by atoms with E-state index < -0.39 is 69.0 Å². The summed E-state index contributed by atoms with van der Waals surface area (Å²) in [7, 11) is 0. The second-order valence-corrected chi connectivity index (χ2v) is 21.0.